The van der Waals surface area contributed by atoms with Crippen LogP contribution in [0.1, 0.15) is 31.2 Å². The van der Waals surface area contributed by atoms with Crippen LogP contribution in [0, 0.1) is 0 Å². The third kappa shape index (κ3) is 5.66. The Morgan fingerprint density at radius 3 is 2.50 bits per heavy atom. The molecule has 1 unspecified atom stereocenters. The van der Waals surface area contributed by atoms with Crippen LogP contribution in [-0.2, 0) is 14.8 Å². The molecule has 0 saturated carbocycles. The van der Waals surface area contributed by atoms with E-state index >= 15 is 0 Å². The van der Waals surface area contributed by atoms with E-state index in [9.17, 15) is 13.2 Å². The van der Waals surface area contributed by atoms with E-state index in [4.69, 9.17) is 5.73 Å². The number of hydrogen-bond donors (Lipinski definition) is 3. The molecule has 0 aliphatic heterocycles. The number of carbonyl (C=O) groups excluding carboxylic acids is 1. The van der Waals surface area contributed by atoms with Gasteiger partial charge in [0, 0.05) is 25.2 Å². The molecule has 1 atom stereocenters. The second kappa shape index (κ2) is 9.47. The molecule has 0 aliphatic carbocycles. The normalized spacial score (nSPS) is 12.5. The van der Waals surface area contributed by atoms with Crippen molar-refractivity contribution < 1.29 is 13.2 Å². The van der Waals surface area contributed by atoms with Crippen LogP contribution in [0.25, 0.3) is 0 Å². The molecule has 4 N–H and O–H groups in total. The summed E-state index contributed by atoms with van der Waals surface area (Å²) in [6.07, 6.45) is 1.18. The van der Waals surface area contributed by atoms with Crippen LogP contribution in [0.15, 0.2) is 59.5 Å². The molecule has 0 aliphatic rings. The highest BCUT2D eigenvalue weighted by atomic mass is 32.2. The average Bonchev–Trinajstić information content (AvgIpc) is 2.65. The van der Waals surface area contributed by atoms with E-state index in [0.29, 0.717) is 12.1 Å². The van der Waals surface area contributed by atoms with E-state index in [1.165, 1.54) is 12.1 Å². The second-order valence-corrected chi connectivity index (χ2v) is 7.75. The van der Waals surface area contributed by atoms with Gasteiger partial charge in [0.05, 0.1) is 4.90 Å². The van der Waals surface area contributed by atoms with Gasteiger partial charge in [-0.1, -0.05) is 43.3 Å². The number of hydrogen-bond acceptors (Lipinski definition) is 4. The SMILES string of the molecule is CCC(CC(=O)Nc1cccc(S(=O)(=O)NCCN)c1)c1ccccc1. The first kappa shape index (κ1) is 20.1. The third-order valence-electron chi connectivity index (χ3n) is 4.06. The maximum absolute atomic E-state index is 12.4. The van der Waals surface area contributed by atoms with Crippen LogP contribution in [0.2, 0.25) is 0 Å². The van der Waals surface area contributed by atoms with Crippen LogP contribution in [0.5, 0.6) is 0 Å². The Labute approximate surface area is 154 Å². The lowest BCUT2D eigenvalue weighted by Gasteiger charge is -2.15. The first-order valence-corrected chi connectivity index (χ1v) is 10.1. The Hall–Kier alpha value is -2.22. The second-order valence-electron chi connectivity index (χ2n) is 5.98. The largest absolute Gasteiger partial charge is 0.329 e. The van der Waals surface area contributed by atoms with Gasteiger partial charge < -0.3 is 11.1 Å². The van der Waals surface area contributed by atoms with Crippen molar-refractivity contribution in [2.24, 2.45) is 5.73 Å². The van der Waals surface area contributed by atoms with Gasteiger partial charge in [0.2, 0.25) is 15.9 Å². The van der Waals surface area contributed by atoms with Crippen LogP contribution in [0.3, 0.4) is 0 Å². The zero-order valence-corrected chi connectivity index (χ0v) is 15.6. The predicted molar refractivity (Wildman–Crippen MR) is 103 cm³/mol. The van der Waals surface area contributed by atoms with Crippen molar-refractivity contribution in [1.82, 2.24) is 4.72 Å². The van der Waals surface area contributed by atoms with Crippen molar-refractivity contribution in [1.29, 1.82) is 0 Å². The zero-order valence-electron chi connectivity index (χ0n) is 14.8. The molecule has 7 heteroatoms. The predicted octanol–water partition coefficient (Wildman–Crippen LogP) is 2.45. The molecular weight excluding hydrogens is 350 g/mol. The summed E-state index contributed by atoms with van der Waals surface area (Å²) >= 11 is 0. The van der Waals surface area contributed by atoms with E-state index in [2.05, 4.69) is 10.0 Å². The molecule has 0 saturated heterocycles. The molecular formula is C19H25N3O3S. The van der Waals surface area contributed by atoms with Crippen LogP contribution in [0.4, 0.5) is 5.69 Å². The fourth-order valence-electron chi connectivity index (χ4n) is 2.68. The maximum Gasteiger partial charge on any atom is 0.240 e. The van der Waals surface area contributed by atoms with Crippen LogP contribution < -0.4 is 15.8 Å². The van der Waals surface area contributed by atoms with E-state index in [-0.39, 0.29) is 29.8 Å². The highest BCUT2D eigenvalue weighted by Gasteiger charge is 2.16. The van der Waals surface area contributed by atoms with Gasteiger partial charge in [-0.3, -0.25) is 4.79 Å². The summed E-state index contributed by atoms with van der Waals surface area (Å²) in [5, 5.41) is 2.79. The molecule has 140 valence electrons. The molecule has 0 spiro atoms. The minimum absolute atomic E-state index is 0.0962. The highest BCUT2D eigenvalue weighted by molar-refractivity contribution is 7.89. The van der Waals surface area contributed by atoms with E-state index in [1.807, 2.05) is 37.3 Å². The zero-order chi connectivity index (χ0) is 19.0. The van der Waals surface area contributed by atoms with Crippen molar-refractivity contribution in [2.75, 3.05) is 18.4 Å². The summed E-state index contributed by atoms with van der Waals surface area (Å²) in [7, 11) is -3.63. The molecule has 2 aromatic rings. The van der Waals surface area contributed by atoms with Crippen molar-refractivity contribution in [3.8, 4) is 0 Å². The molecule has 0 aromatic heterocycles. The number of nitrogens with two attached hydrogens (primary N) is 1. The summed E-state index contributed by atoms with van der Waals surface area (Å²) in [6.45, 7) is 2.42. The number of anilines is 1. The highest BCUT2D eigenvalue weighted by Crippen LogP contribution is 2.24. The lowest BCUT2D eigenvalue weighted by atomic mass is 9.93. The van der Waals surface area contributed by atoms with Crippen molar-refractivity contribution in [3.05, 3.63) is 60.2 Å². The average molecular weight is 375 g/mol. The standard InChI is InChI=1S/C19H25N3O3S/c1-2-15(16-7-4-3-5-8-16)13-19(23)22-17-9-6-10-18(14-17)26(24,25)21-12-11-20/h3-10,14-15,21H,2,11-13,20H2,1H3,(H,22,23). The summed E-state index contributed by atoms with van der Waals surface area (Å²) in [4.78, 5) is 12.5. The fraction of sp³-hybridized carbons (Fsp3) is 0.316. The quantitative estimate of drug-likeness (QED) is 0.626. The van der Waals surface area contributed by atoms with Crippen molar-refractivity contribution in [3.63, 3.8) is 0 Å². The van der Waals surface area contributed by atoms with E-state index in [1.54, 1.807) is 12.1 Å². The van der Waals surface area contributed by atoms with Gasteiger partial charge in [-0.15, -0.1) is 0 Å². The molecule has 0 bridgehead atoms. The lowest BCUT2D eigenvalue weighted by molar-refractivity contribution is -0.116. The molecule has 0 radical (unpaired) electrons. The van der Waals surface area contributed by atoms with Gasteiger partial charge in [0.25, 0.3) is 0 Å². The number of nitrogens with one attached hydrogen (secondary N) is 2. The van der Waals surface area contributed by atoms with Gasteiger partial charge in [0.15, 0.2) is 0 Å². The first-order chi connectivity index (χ1) is 12.5. The molecule has 0 fully saturated rings. The van der Waals surface area contributed by atoms with Gasteiger partial charge in [-0.25, -0.2) is 13.1 Å². The number of carbonyl (C=O) groups is 1. The monoisotopic (exact) mass is 375 g/mol. The van der Waals surface area contributed by atoms with Gasteiger partial charge in [0.1, 0.15) is 0 Å². The Morgan fingerprint density at radius 2 is 1.85 bits per heavy atom. The molecule has 26 heavy (non-hydrogen) atoms. The first-order valence-electron chi connectivity index (χ1n) is 8.61. The van der Waals surface area contributed by atoms with Crippen LogP contribution >= 0.6 is 0 Å². The Morgan fingerprint density at radius 1 is 1.12 bits per heavy atom. The maximum atomic E-state index is 12.4. The topological polar surface area (TPSA) is 101 Å². The van der Waals surface area contributed by atoms with Gasteiger partial charge in [-0.2, -0.15) is 0 Å². The lowest BCUT2D eigenvalue weighted by Crippen LogP contribution is -2.29. The van der Waals surface area contributed by atoms with Crippen molar-refractivity contribution >= 4 is 21.6 Å². The molecule has 6 nitrogen and oxygen atoms in total. The Bertz CT molecular complexity index is 823. The summed E-state index contributed by atoms with van der Waals surface area (Å²) in [5.74, 6) is -0.0282. The van der Waals surface area contributed by atoms with E-state index < -0.39 is 10.0 Å². The van der Waals surface area contributed by atoms with Crippen molar-refractivity contribution in [2.45, 2.75) is 30.6 Å². The molecule has 0 heterocycles. The van der Waals surface area contributed by atoms with Gasteiger partial charge >= 0.3 is 0 Å². The minimum Gasteiger partial charge on any atom is -0.329 e. The number of rotatable bonds is 9. The Balaban J connectivity index is 2.06. The smallest absolute Gasteiger partial charge is 0.240 e. The van der Waals surface area contributed by atoms with E-state index in [0.717, 1.165) is 12.0 Å². The molecule has 1 amide bonds. The Kier molecular flexibility index (Phi) is 7.32. The molecule has 2 aromatic carbocycles. The third-order valence-corrected chi connectivity index (χ3v) is 5.52. The minimum atomic E-state index is -3.63. The summed E-state index contributed by atoms with van der Waals surface area (Å²) in [6, 6.07) is 16.1. The fourth-order valence-corrected chi connectivity index (χ4v) is 3.77. The number of benzene rings is 2. The van der Waals surface area contributed by atoms with Gasteiger partial charge in [-0.05, 0) is 36.1 Å². The summed E-state index contributed by atoms with van der Waals surface area (Å²) < 4.78 is 26.7. The summed E-state index contributed by atoms with van der Waals surface area (Å²) in [5.41, 5.74) is 6.90. The number of sulfonamides is 1. The number of amides is 1. The van der Waals surface area contributed by atoms with Crippen LogP contribution in [-0.4, -0.2) is 27.4 Å². The molecule has 2 rings (SSSR count).